The van der Waals surface area contributed by atoms with E-state index in [9.17, 15) is 27.6 Å². The van der Waals surface area contributed by atoms with Gasteiger partial charge in [0.15, 0.2) is 5.76 Å². The fraction of sp³-hybridized carbons (Fsp3) is 0.227. The molecule has 8 nitrogen and oxygen atoms in total. The predicted molar refractivity (Wildman–Crippen MR) is 106 cm³/mol. The molecule has 168 valence electrons. The summed E-state index contributed by atoms with van der Waals surface area (Å²) in [6.07, 6.45) is -2.97. The van der Waals surface area contributed by atoms with Crippen LogP contribution < -0.4 is 5.32 Å². The lowest BCUT2D eigenvalue weighted by Gasteiger charge is -2.29. The molecular formula is C22H15F3N4O4. The fourth-order valence-electron chi connectivity index (χ4n) is 4.09. The molecule has 3 aromatic rings. The van der Waals surface area contributed by atoms with Crippen molar-refractivity contribution in [1.82, 2.24) is 20.4 Å². The Bertz CT molecular complexity index is 1300. The minimum absolute atomic E-state index is 0.0697. The highest BCUT2D eigenvalue weighted by molar-refractivity contribution is 6.05. The van der Waals surface area contributed by atoms with Crippen LogP contribution in [-0.2, 0) is 22.3 Å². The first-order valence-electron chi connectivity index (χ1n) is 9.99. The van der Waals surface area contributed by atoms with Gasteiger partial charge in [0, 0.05) is 36.4 Å². The molecule has 0 aliphatic carbocycles. The molecule has 33 heavy (non-hydrogen) atoms. The molecule has 2 aliphatic rings. The van der Waals surface area contributed by atoms with Gasteiger partial charge in [-0.2, -0.15) is 13.2 Å². The van der Waals surface area contributed by atoms with Gasteiger partial charge in [-0.15, -0.1) is 0 Å². The number of benzene rings is 1. The Morgan fingerprint density at radius 3 is 2.70 bits per heavy atom. The van der Waals surface area contributed by atoms with Gasteiger partial charge in [0.2, 0.25) is 11.8 Å². The molecule has 5 rings (SSSR count). The number of alkyl halides is 3. The summed E-state index contributed by atoms with van der Waals surface area (Å²) >= 11 is 0. The molecule has 0 radical (unpaired) electrons. The summed E-state index contributed by atoms with van der Waals surface area (Å²) < 4.78 is 45.2. The monoisotopic (exact) mass is 456 g/mol. The average molecular weight is 456 g/mol. The Balaban J connectivity index is 1.43. The minimum Gasteiger partial charge on any atom is -0.356 e. The van der Waals surface area contributed by atoms with E-state index in [4.69, 9.17) is 4.52 Å². The lowest BCUT2D eigenvalue weighted by atomic mass is 10.0. The zero-order valence-corrected chi connectivity index (χ0v) is 16.8. The second-order valence-electron chi connectivity index (χ2n) is 7.75. The standard InChI is InChI=1S/C22H15F3N4O4/c23-22(24,25)14-2-1-7-26-19(14)15-9-17(33-28-15)11-3-4-13-12(8-11)10-29(21(13)32)16-5-6-18(30)27-20(16)31/h1-4,7-9,16H,5-6,10H2,(H,27,30,31). The molecule has 1 aromatic carbocycles. The number of aromatic nitrogens is 2. The fourth-order valence-corrected chi connectivity index (χ4v) is 4.09. The first kappa shape index (κ1) is 20.9. The van der Waals surface area contributed by atoms with Crippen LogP contribution in [0.5, 0.6) is 0 Å². The number of rotatable bonds is 3. The van der Waals surface area contributed by atoms with E-state index in [2.05, 4.69) is 15.5 Å². The molecule has 1 fully saturated rings. The van der Waals surface area contributed by atoms with Crippen molar-refractivity contribution < 1.29 is 32.1 Å². The molecule has 1 N–H and O–H groups in total. The van der Waals surface area contributed by atoms with Gasteiger partial charge in [0.1, 0.15) is 17.4 Å². The number of nitrogens with zero attached hydrogens (tertiary/aromatic N) is 3. The number of carbonyl (C=O) groups is 3. The number of carbonyl (C=O) groups excluding carboxylic acids is 3. The van der Waals surface area contributed by atoms with E-state index in [0.717, 1.165) is 6.07 Å². The number of halogens is 3. The van der Waals surface area contributed by atoms with Gasteiger partial charge in [0.05, 0.1) is 5.56 Å². The highest BCUT2D eigenvalue weighted by atomic mass is 19.4. The molecule has 1 saturated heterocycles. The van der Waals surface area contributed by atoms with Gasteiger partial charge in [-0.1, -0.05) is 11.2 Å². The van der Waals surface area contributed by atoms with Crippen molar-refractivity contribution in [1.29, 1.82) is 0 Å². The van der Waals surface area contributed by atoms with Crippen LogP contribution in [0.15, 0.2) is 47.1 Å². The van der Waals surface area contributed by atoms with Crippen LogP contribution in [0.2, 0.25) is 0 Å². The summed E-state index contributed by atoms with van der Waals surface area (Å²) in [4.78, 5) is 41.6. The van der Waals surface area contributed by atoms with E-state index in [-0.39, 0.29) is 48.3 Å². The zero-order valence-electron chi connectivity index (χ0n) is 16.8. The summed E-state index contributed by atoms with van der Waals surface area (Å²) in [6.45, 7) is 0.160. The van der Waals surface area contributed by atoms with Crippen LogP contribution in [0.25, 0.3) is 22.7 Å². The Kier molecular flexibility index (Phi) is 4.76. The third-order valence-corrected chi connectivity index (χ3v) is 5.67. The third kappa shape index (κ3) is 3.65. The molecule has 2 aliphatic heterocycles. The molecule has 3 amide bonds. The number of piperidine rings is 1. The van der Waals surface area contributed by atoms with Crippen LogP contribution in [0, 0.1) is 0 Å². The second kappa shape index (κ2) is 7.54. The Morgan fingerprint density at radius 1 is 1.12 bits per heavy atom. The summed E-state index contributed by atoms with van der Waals surface area (Å²) in [7, 11) is 0. The topological polar surface area (TPSA) is 105 Å². The van der Waals surface area contributed by atoms with Crippen LogP contribution in [-0.4, -0.2) is 38.8 Å². The van der Waals surface area contributed by atoms with E-state index in [1.165, 1.54) is 23.2 Å². The highest BCUT2D eigenvalue weighted by Crippen LogP contribution is 2.37. The third-order valence-electron chi connectivity index (χ3n) is 5.67. The Labute approximate surface area is 184 Å². The number of pyridine rings is 1. The normalized spacial score (nSPS) is 18.5. The van der Waals surface area contributed by atoms with Crippen LogP contribution >= 0.6 is 0 Å². The zero-order chi connectivity index (χ0) is 23.3. The molecule has 2 aromatic heterocycles. The molecule has 1 unspecified atom stereocenters. The number of amides is 3. The lowest BCUT2D eigenvalue weighted by Crippen LogP contribution is -2.52. The number of hydrogen-bond acceptors (Lipinski definition) is 6. The molecule has 0 saturated carbocycles. The van der Waals surface area contributed by atoms with E-state index in [1.807, 2.05) is 0 Å². The second-order valence-corrected chi connectivity index (χ2v) is 7.75. The number of fused-ring (bicyclic) bond motifs is 1. The SMILES string of the molecule is O=C1CCC(N2Cc3cc(-c4cc(-c5ncccc5C(F)(F)F)no4)ccc3C2=O)C(=O)N1. The van der Waals surface area contributed by atoms with Crippen molar-refractivity contribution in [2.24, 2.45) is 0 Å². The molecular weight excluding hydrogens is 441 g/mol. The van der Waals surface area contributed by atoms with Crippen molar-refractivity contribution in [2.45, 2.75) is 31.6 Å². The molecule has 0 spiro atoms. The van der Waals surface area contributed by atoms with Gasteiger partial charge in [-0.05, 0) is 36.2 Å². The van der Waals surface area contributed by atoms with E-state index in [1.54, 1.807) is 18.2 Å². The number of imide groups is 1. The van der Waals surface area contributed by atoms with Crippen molar-refractivity contribution in [3.8, 4) is 22.7 Å². The van der Waals surface area contributed by atoms with Crippen molar-refractivity contribution in [2.75, 3.05) is 0 Å². The van der Waals surface area contributed by atoms with Crippen LogP contribution in [0.4, 0.5) is 13.2 Å². The summed E-state index contributed by atoms with van der Waals surface area (Å²) in [5.41, 5.74) is 0.209. The smallest absolute Gasteiger partial charge is 0.356 e. The van der Waals surface area contributed by atoms with Crippen LogP contribution in [0.3, 0.4) is 0 Å². The lowest BCUT2D eigenvalue weighted by molar-refractivity contribution is -0.138. The number of hydrogen-bond donors (Lipinski definition) is 1. The van der Waals surface area contributed by atoms with E-state index in [0.29, 0.717) is 16.7 Å². The maximum Gasteiger partial charge on any atom is 0.418 e. The van der Waals surface area contributed by atoms with Crippen molar-refractivity contribution in [3.63, 3.8) is 0 Å². The Morgan fingerprint density at radius 2 is 1.94 bits per heavy atom. The highest BCUT2D eigenvalue weighted by Gasteiger charge is 2.39. The van der Waals surface area contributed by atoms with Gasteiger partial charge < -0.3 is 9.42 Å². The Hall–Kier alpha value is -4.02. The molecule has 1 atom stereocenters. The van der Waals surface area contributed by atoms with Crippen molar-refractivity contribution in [3.05, 3.63) is 59.3 Å². The summed E-state index contributed by atoms with van der Waals surface area (Å²) in [5, 5.41) is 5.99. The van der Waals surface area contributed by atoms with E-state index < -0.39 is 23.7 Å². The van der Waals surface area contributed by atoms with Gasteiger partial charge >= 0.3 is 6.18 Å². The van der Waals surface area contributed by atoms with Gasteiger partial charge in [-0.3, -0.25) is 24.7 Å². The van der Waals surface area contributed by atoms with Gasteiger partial charge in [-0.25, -0.2) is 0 Å². The van der Waals surface area contributed by atoms with Crippen molar-refractivity contribution >= 4 is 17.7 Å². The van der Waals surface area contributed by atoms with Crippen LogP contribution in [0.1, 0.15) is 34.3 Å². The van der Waals surface area contributed by atoms with E-state index >= 15 is 0 Å². The number of nitrogens with one attached hydrogen (secondary N) is 1. The van der Waals surface area contributed by atoms with Gasteiger partial charge in [0.25, 0.3) is 5.91 Å². The average Bonchev–Trinajstić information content (AvgIpc) is 3.38. The molecule has 4 heterocycles. The first-order chi connectivity index (χ1) is 15.7. The first-order valence-corrected chi connectivity index (χ1v) is 9.99. The molecule has 11 heteroatoms. The largest absolute Gasteiger partial charge is 0.418 e. The maximum atomic E-state index is 13.3. The summed E-state index contributed by atoms with van der Waals surface area (Å²) in [5.74, 6) is -1.00. The predicted octanol–water partition coefficient (Wildman–Crippen LogP) is 3.18. The maximum absolute atomic E-state index is 13.3. The quantitative estimate of drug-likeness (QED) is 0.607. The minimum atomic E-state index is -4.60. The summed E-state index contributed by atoms with van der Waals surface area (Å²) in [6, 6.07) is 7.56. The molecule has 0 bridgehead atoms.